The lowest BCUT2D eigenvalue weighted by atomic mass is 10.2. The zero-order valence-corrected chi connectivity index (χ0v) is 16.6. The lowest BCUT2D eigenvalue weighted by molar-refractivity contribution is -0.118. The molecule has 3 rings (SSSR count). The molecule has 150 valence electrons. The van der Waals surface area contributed by atoms with Gasteiger partial charge in [-0.25, -0.2) is 4.39 Å². The van der Waals surface area contributed by atoms with Gasteiger partial charge in [-0.15, -0.1) is 0 Å². The van der Waals surface area contributed by atoms with E-state index in [1.165, 1.54) is 12.1 Å². The Morgan fingerprint density at radius 2 is 1.69 bits per heavy atom. The van der Waals surface area contributed by atoms with Gasteiger partial charge in [0, 0.05) is 22.0 Å². The van der Waals surface area contributed by atoms with Crippen LogP contribution >= 0.6 is 11.6 Å². The molecule has 3 aromatic rings. The Labute approximate surface area is 172 Å². The van der Waals surface area contributed by atoms with Crippen molar-refractivity contribution < 1.29 is 18.7 Å². The van der Waals surface area contributed by atoms with Gasteiger partial charge in [-0.2, -0.15) is 0 Å². The van der Waals surface area contributed by atoms with E-state index < -0.39 is 11.7 Å². The van der Waals surface area contributed by atoms with Crippen LogP contribution in [0.5, 0.6) is 5.75 Å². The number of aromatic nitrogens is 1. The van der Waals surface area contributed by atoms with Crippen LogP contribution in [0.15, 0.2) is 54.6 Å². The van der Waals surface area contributed by atoms with Crippen LogP contribution in [0.1, 0.15) is 21.7 Å². The standard InChI is InChI=1S/C21H19ClFN3O3/c1-13-3-4-14(2)26(13)25-21(28)15-5-8-17(9-6-15)29-12-20(27)24-19-10-7-16(22)11-18(19)23/h3-11H,12H2,1-2H3,(H,24,27)(H,25,28). The smallest absolute Gasteiger partial charge is 0.270 e. The van der Waals surface area contributed by atoms with Crippen LogP contribution in [0.4, 0.5) is 10.1 Å². The first-order chi connectivity index (χ1) is 13.8. The van der Waals surface area contributed by atoms with Gasteiger partial charge in [-0.3, -0.25) is 19.7 Å². The topological polar surface area (TPSA) is 72.4 Å². The minimum atomic E-state index is -0.630. The summed E-state index contributed by atoms with van der Waals surface area (Å²) >= 11 is 5.68. The van der Waals surface area contributed by atoms with Crippen molar-refractivity contribution in [3.05, 3.63) is 82.4 Å². The molecule has 0 unspecified atom stereocenters. The highest BCUT2D eigenvalue weighted by Gasteiger charge is 2.11. The first-order valence-electron chi connectivity index (χ1n) is 8.77. The van der Waals surface area contributed by atoms with Crippen LogP contribution in [0.3, 0.4) is 0 Å². The molecular formula is C21H19ClFN3O3. The second kappa shape index (κ2) is 8.79. The van der Waals surface area contributed by atoms with Gasteiger partial charge in [0.1, 0.15) is 11.6 Å². The van der Waals surface area contributed by atoms with Crippen LogP contribution in [0.25, 0.3) is 0 Å². The van der Waals surface area contributed by atoms with Gasteiger partial charge in [0.25, 0.3) is 11.8 Å². The third kappa shape index (κ3) is 5.14. The molecule has 0 radical (unpaired) electrons. The first kappa shape index (κ1) is 20.4. The number of carbonyl (C=O) groups is 2. The van der Waals surface area contributed by atoms with E-state index in [1.54, 1.807) is 28.9 Å². The number of nitrogens with zero attached hydrogens (tertiary/aromatic N) is 1. The number of nitrogens with one attached hydrogen (secondary N) is 2. The third-order valence-electron chi connectivity index (χ3n) is 4.18. The van der Waals surface area contributed by atoms with E-state index in [1.807, 2.05) is 26.0 Å². The zero-order valence-electron chi connectivity index (χ0n) is 15.8. The van der Waals surface area contributed by atoms with Gasteiger partial charge in [0.05, 0.1) is 5.69 Å². The summed E-state index contributed by atoms with van der Waals surface area (Å²) < 4.78 is 20.8. The first-order valence-corrected chi connectivity index (χ1v) is 9.15. The third-order valence-corrected chi connectivity index (χ3v) is 4.41. The number of carbonyl (C=O) groups excluding carboxylic acids is 2. The molecule has 0 aliphatic carbocycles. The number of anilines is 1. The molecule has 2 N–H and O–H groups in total. The maximum Gasteiger partial charge on any atom is 0.270 e. The van der Waals surface area contributed by atoms with Crippen molar-refractivity contribution in [2.45, 2.75) is 13.8 Å². The van der Waals surface area contributed by atoms with Crippen LogP contribution in [-0.4, -0.2) is 23.1 Å². The van der Waals surface area contributed by atoms with E-state index in [-0.39, 0.29) is 23.2 Å². The van der Waals surface area contributed by atoms with Crippen LogP contribution in [0.2, 0.25) is 5.02 Å². The molecule has 0 bridgehead atoms. The summed E-state index contributed by atoms with van der Waals surface area (Å²) in [6.07, 6.45) is 0. The van der Waals surface area contributed by atoms with Crippen LogP contribution in [-0.2, 0) is 4.79 Å². The minimum Gasteiger partial charge on any atom is -0.484 e. The number of amides is 2. The van der Waals surface area contributed by atoms with E-state index in [9.17, 15) is 14.0 Å². The molecule has 0 atom stereocenters. The van der Waals surface area contributed by atoms with Gasteiger partial charge in [0.15, 0.2) is 6.61 Å². The number of ether oxygens (including phenoxy) is 1. The molecule has 29 heavy (non-hydrogen) atoms. The number of rotatable bonds is 6. The summed E-state index contributed by atoms with van der Waals surface area (Å²) in [5.41, 5.74) is 5.10. The Hall–Kier alpha value is -3.32. The van der Waals surface area contributed by atoms with Crippen molar-refractivity contribution in [3.8, 4) is 5.75 Å². The Bertz CT molecular complexity index is 1030. The molecule has 2 aromatic carbocycles. The molecule has 0 saturated heterocycles. The number of hydrogen-bond donors (Lipinski definition) is 2. The van der Waals surface area contributed by atoms with Gasteiger partial charge in [-0.05, 0) is 68.4 Å². The Kier molecular flexibility index (Phi) is 6.19. The molecule has 0 fully saturated rings. The lowest BCUT2D eigenvalue weighted by Gasteiger charge is -2.12. The maximum atomic E-state index is 13.7. The van der Waals surface area contributed by atoms with E-state index in [0.29, 0.717) is 11.3 Å². The second-order valence-corrected chi connectivity index (χ2v) is 6.81. The molecule has 0 spiro atoms. The van der Waals surface area contributed by atoms with Crippen molar-refractivity contribution in [3.63, 3.8) is 0 Å². The average Bonchev–Trinajstić information content (AvgIpc) is 3.01. The normalized spacial score (nSPS) is 10.5. The Morgan fingerprint density at radius 3 is 2.31 bits per heavy atom. The fourth-order valence-electron chi connectivity index (χ4n) is 2.64. The molecule has 2 amide bonds. The highest BCUT2D eigenvalue weighted by Crippen LogP contribution is 2.19. The summed E-state index contributed by atoms with van der Waals surface area (Å²) in [7, 11) is 0. The molecular weight excluding hydrogens is 397 g/mol. The molecule has 0 saturated carbocycles. The van der Waals surface area contributed by atoms with Gasteiger partial charge in [0.2, 0.25) is 0 Å². The molecule has 1 aromatic heterocycles. The fraction of sp³-hybridized carbons (Fsp3) is 0.143. The van der Waals surface area contributed by atoms with E-state index in [2.05, 4.69) is 10.7 Å². The predicted octanol–water partition coefficient (Wildman–Crippen LogP) is 4.30. The summed E-state index contributed by atoms with van der Waals surface area (Å²) in [6, 6.07) is 14.1. The lowest BCUT2D eigenvalue weighted by Crippen LogP contribution is -2.24. The van der Waals surface area contributed by atoms with Crippen molar-refractivity contribution in [1.29, 1.82) is 0 Å². The predicted molar refractivity (Wildman–Crippen MR) is 110 cm³/mol. The molecule has 6 nitrogen and oxygen atoms in total. The molecule has 1 heterocycles. The quantitative estimate of drug-likeness (QED) is 0.630. The fourth-order valence-corrected chi connectivity index (χ4v) is 2.80. The van der Waals surface area contributed by atoms with E-state index >= 15 is 0 Å². The maximum absolute atomic E-state index is 13.7. The van der Waals surface area contributed by atoms with Gasteiger partial charge >= 0.3 is 0 Å². The van der Waals surface area contributed by atoms with Crippen LogP contribution in [0, 0.1) is 19.7 Å². The minimum absolute atomic E-state index is 0.0191. The number of hydrogen-bond acceptors (Lipinski definition) is 3. The highest BCUT2D eigenvalue weighted by atomic mass is 35.5. The van der Waals surface area contributed by atoms with Crippen molar-refractivity contribution in [2.24, 2.45) is 0 Å². The van der Waals surface area contributed by atoms with Gasteiger partial charge < -0.3 is 10.1 Å². The molecule has 0 aliphatic rings. The summed E-state index contributed by atoms with van der Waals surface area (Å²) in [4.78, 5) is 24.3. The Morgan fingerprint density at radius 1 is 1.03 bits per heavy atom. The van der Waals surface area contributed by atoms with Crippen molar-refractivity contribution in [2.75, 3.05) is 17.3 Å². The van der Waals surface area contributed by atoms with Crippen LogP contribution < -0.4 is 15.5 Å². The van der Waals surface area contributed by atoms with Gasteiger partial charge in [-0.1, -0.05) is 11.6 Å². The highest BCUT2D eigenvalue weighted by molar-refractivity contribution is 6.30. The van der Waals surface area contributed by atoms with E-state index in [0.717, 1.165) is 17.5 Å². The summed E-state index contributed by atoms with van der Waals surface area (Å²) in [6.45, 7) is 3.48. The van der Waals surface area contributed by atoms with Crippen molar-refractivity contribution in [1.82, 2.24) is 4.68 Å². The van der Waals surface area contributed by atoms with E-state index in [4.69, 9.17) is 16.3 Å². The number of benzene rings is 2. The Balaban J connectivity index is 1.55. The SMILES string of the molecule is Cc1ccc(C)n1NC(=O)c1ccc(OCC(=O)Nc2ccc(Cl)cc2F)cc1. The molecule has 0 aliphatic heterocycles. The monoisotopic (exact) mass is 415 g/mol. The second-order valence-electron chi connectivity index (χ2n) is 6.38. The summed E-state index contributed by atoms with van der Waals surface area (Å²) in [5, 5.41) is 2.65. The average molecular weight is 416 g/mol. The summed E-state index contributed by atoms with van der Waals surface area (Å²) in [5.74, 6) is -1.02. The zero-order chi connectivity index (χ0) is 21.0. The van der Waals surface area contributed by atoms with Crippen molar-refractivity contribution >= 4 is 29.1 Å². The largest absolute Gasteiger partial charge is 0.484 e. The number of halogens is 2. The molecule has 8 heteroatoms. The number of aryl methyl sites for hydroxylation is 2.